The molecular formula is C7H13O2Si. The van der Waals surface area contributed by atoms with Crippen LogP contribution < -0.4 is 0 Å². The highest BCUT2D eigenvalue weighted by Crippen LogP contribution is 2.07. The first-order chi connectivity index (χ1) is 4.57. The van der Waals surface area contributed by atoms with Crippen molar-refractivity contribution in [2.45, 2.75) is 33.8 Å². The van der Waals surface area contributed by atoms with Gasteiger partial charge in [-0.3, -0.25) is 0 Å². The summed E-state index contributed by atoms with van der Waals surface area (Å²) >= 11 is 0. The van der Waals surface area contributed by atoms with Gasteiger partial charge in [-0.25, -0.2) is 0 Å². The summed E-state index contributed by atoms with van der Waals surface area (Å²) in [6.07, 6.45) is 0.154. The summed E-state index contributed by atoms with van der Waals surface area (Å²) in [5.74, 6) is 0.548. The number of allylic oxidation sites excluding steroid dienone is 1. The molecule has 0 atom stereocenters. The minimum absolute atomic E-state index is 0.154. The zero-order valence-electron chi connectivity index (χ0n) is 6.89. The fourth-order valence-corrected chi connectivity index (χ4v) is 0.710. The third-order valence-electron chi connectivity index (χ3n) is 0.844. The molecule has 0 aromatic heterocycles. The van der Waals surface area contributed by atoms with E-state index < -0.39 is 0 Å². The Kier molecular flexibility index (Phi) is 4.19. The summed E-state index contributed by atoms with van der Waals surface area (Å²) in [5.41, 5.74) is 1.02. The van der Waals surface area contributed by atoms with Crippen LogP contribution in [0.2, 0.25) is 0 Å². The maximum absolute atomic E-state index is 5.27. The van der Waals surface area contributed by atoms with Gasteiger partial charge in [0, 0.05) is 5.57 Å². The summed E-state index contributed by atoms with van der Waals surface area (Å²) in [4.78, 5) is 0. The summed E-state index contributed by atoms with van der Waals surface area (Å²) in [6.45, 7) is 7.76. The van der Waals surface area contributed by atoms with Gasteiger partial charge in [0.1, 0.15) is 0 Å². The molecule has 0 fully saturated rings. The second-order valence-corrected chi connectivity index (χ2v) is 2.76. The molecule has 0 aromatic carbocycles. The normalized spacial score (nSPS) is 9.40. The first-order valence-corrected chi connectivity index (χ1v) is 3.66. The molecular weight excluding hydrogens is 144 g/mol. The van der Waals surface area contributed by atoms with E-state index in [9.17, 15) is 0 Å². The maximum Gasteiger partial charge on any atom is 0.345 e. The zero-order chi connectivity index (χ0) is 8.15. The van der Waals surface area contributed by atoms with Gasteiger partial charge in [-0.05, 0) is 27.7 Å². The Hall–Kier alpha value is -0.443. The molecule has 0 saturated carbocycles. The van der Waals surface area contributed by atoms with Crippen LogP contribution in [-0.2, 0) is 9.16 Å². The average molecular weight is 157 g/mol. The van der Waals surface area contributed by atoms with Crippen molar-refractivity contribution >= 4 is 10.5 Å². The molecule has 0 rings (SSSR count). The van der Waals surface area contributed by atoms with Crippen molar-refractivity contribution in [1.82, 2.24) is 0 Å². The summed E-state index contributed by atoms with van der Waals surface area (Å²) in [5, 5.41) is 0. The Morgan fingerprint density at radius 3 is 1.90 bits per heavy atom. The molecule has 0 spiro atoms. The van der Waals surface area contributed by atoms with Crippen molar-refractivity contribution in [1.29, 1.82) is 0 Å². The molecule has 3 radical (unpaired) electrons. The first kappa shape index (κ1) is 9.56. The van der Waals surface area contributed by atoms with E-state index in [2.05, 4.69) is 10.5 Å². The quantitative estimate of drug-likeness (QED) is 0.459. The van der Waals surface area contributed by atoms with E-state index in [1.807, 2.05) is 27.7 Å². The van der Waals surface area contributed by atoms with Gasteiger partial charge >= 0.3 is 10.5 Å². The molecule has 3 heteroatoms. The molecule has 0 N–H and O–H groups in total. The largest absolute Gasteiger partial charge is 0.516 e. The third kappa shape index (κ3) is 3.56. The monoisotopic (exact) mass is 157 g/mol. The van der Waals surface area contributed by atoms with Crippen molar-refractivity contribution in [3.8, 4) is 0 Å². The van der Waals surface area contributed by atoms with Crippen molar-refractivity contribution in [3.05, 3.63) is 11.5 Å². The number of hydrogen-bond donors (Lipinski definition) is 0. The molecule has 2 nitrogen and oxygen atoms in total. The number of rotatable bonds is 3. The van der Waals surface area contributed by atoms with Crippen LogP contribution in [0.1, 0.15) is 27.7 Å². The van der Waals surface area contributed by atoms with Gasteiger partial charge in [0.15, 0.2) is 0 Å². The molecule has 10 heavy (non-hydrogen) atoms. The van der Waals surface area contributed by atoms with Crippen LogP contribution in [0.3, 0.4) is 0 Å². The summed E-state index contributed by atoms with van der Waals surface area (Å²) in [6, 6.07) is 0. The molecule has 0 aliphatic rings. The van der Waals surface area contributed by atoms with Crippen LogP contribution in [0.15, 0.2) is 11.5 Å². The second kappa shape index (κ2) is 4.38. The minimum atomic E-state index is 0.154. The molecule has 0 amide bonds. The Balaban J connectivity index is 3.97. The first-order valence-electron chi connectivity index (χ1n) is 3.25. The van der Waals surface area contributed by atoms with Gasteiger partial charge < -0.3 is 9.16 Å². The lowest BCUT2D eigenvalue weighted by Gasteiger charge is -2.13. The van der Waals surface area contributed by atoms with Gasteiger partial charge in [-0.15, -0.1) is 0 Å². The van der Waals surface area contributed by atoms with E-state index in [0.717, 1.165) is 5.57 Å². The third-order valence-corrected chi connectivity index (χ3v) is 1.03. The molecule has 0 aliphatic heterocycles. The SMILES string of the molecule is CC(C)=C(O[Si])OC(C)C. The Labute approximate surface area is 65.8 Å². The van der Waals surface area contributed by atoms with Crippen LogP contribution >= 0.6 is 0 Å². The lowest BCUT2D eigenvalue weighted by Crippen LogP contribution is -2.05. The van der Waals surface area contributed by atoms with Crippen LogP contribution in [-0.4, -0.2) is 16.6 Å². The lowest BCUT2D eigenvalue weighted by atomic mass is 10.4. The van der Waals surface area contributed by atoms with Crippen molar-refractivity contribution in [2.24, 2.45) is 0 Å². The molecule has 0 saturated heterocycles. The fraction of sp³-hybridized carbons (Fsp3) is 0.714. The van der Waals surface area contributed by atoms with E-state index >= 15 is 0 Å². The Bertz CT molecular complexity index is 126. The molecule has 0 aliphatic carbocycles. The zero-order valence-corrected chi connectivity index (χ0v) is 7.89. The maximum atomic E-state index is 5.27. The van der Waals surface area contributed by atoms with E-state index in [1.54, 1.807) is 0 Å². The topological polar surface area (TPSA) is 18.5 Å². The molecule has 0 bridgehead atoms. The van der Waals surface area contributed by atoms with Crippen molar-refractivity contribution in [2.75, 3.05) is 0 Å². The summed E-state index contributed by atoms with van der Waals surface area (Å²) < 4.78 is 10.1. The predicted molar refractivity (Wildman–Crippen MR) is 41.4 cm³/mol. The predicted octanol–water partition coefficient (Wildman–Crippen LogP) is 1.76. The van der Waals surface area contributed by atoms with Crippen LogP contribution in [0, 0.1) is 0 Å². The Morgan fingerprint density at radius 2 is 1.80 bits per heavy atom. The van der Waals surface area contributed by atoms with Crippen molar-refractivity contribution in [3.63, 3.8) is 0 Å². The highest BCUT2D eigenvalue weighted by atomic mass is 28.2. The highest BCUT2D eigenvalue weighted by Gasteiger charge is 2.01. The van der Waals surface area contributed by atoms with Gasteiger partial charge in [-0.1, -0.05) is 0 Å². The average Bonchev–Trinajstić information content (AvgIpc) is 1.81. The van der Waals surface area contributed by atoms with Gasteiger partial charge in [0.25, 0.3) is 5.95 Å². The van der Waals surface area contributed by atoms with Crippen LogP contribution in [0.25, 0.3) is 0 Å². The fourth-order valence-electron chi connectivity index (χ4n) is 0.458. The standard InChI is InChI=1S/C7H13O2Si/c1-5(2)7(9-10)8-6(3)4/h6H,1-4H3. The van der Waals surface area contributed by atoms with E-state index in [-0.39, 0.29) is 6.10 Å². The van der Waals surface area contributed by atoms with E-state index in [1.165, 1.54) is 0 Å². The number of ether oxygens (including phenoxy) is 1. The van der Waals surface area contributed by atoms with Gasteiger partial charge in [0.2, 0.25) is 0 Å². The number of hydrogen-bond acceptors (Lipinski definition) is 2. The van der Waals surface area contributed by atoms with E-state index in [0.29, 0.717) is 5.95 Å². The van der Waals surface area contributed by atoms with Gasteiger partial charge in [-0.2, -0.15) is 0 Å². The smallest absolute Gasteiger partial charge is 0.345 e. The van der Waals surface area contributed by atoms with Crippen molar-refractivity contribution < 1.29 is 9.16 Å². The second-order valence-electron chi connectivity index (χ2n) is 2.56. The summed E-state index contributed by atoms with van der Waals surface area (Å²) in [7, 11) is 2.91. The van der Waals surface area contributed by atoms with Crippen LogP contribution in [0.5, 0.6) is 0 Å². The van der Waals surface area contributed by atoms with E-state index in [4.69, 9.17) is 9.16 Å². The minimum Gasteiger partial charge on any atom is -0.516 e. The van der Waals surface area contributed by atoms with Gasteiger partial charge in [0.05, 0.1) is 6.10 Å². The Morgan fingerprint density at radius 1 is 1.30 bits per heavy atom. The molecule has 57 valence electrons. The highest BCUT2D eigenvalue weighted by molar-refractivity contribution is 5.98. The molecule has 0 heterocycles. The molecule has 0 unspecified atom stereocenters. The molecule has 0 aromatic rings. The van der Waals surface area contributed by atoms with Crippen LogP contribution in [0.4, 0.5) is 0 Å². The lowest BCUT2D eigenvalue weighted by molar-refractivity contribution is 0.0640.